The van der Waals surface area contributed by atoms with Crippen molar-refractivity contribution in [2.45, 2.75) is 43.6 Å². The van der Waals surface area contributed by atoms with Gasteiger partial charge in [0.2, 0.25) is 11.8 Å². The molecule has 2 heterocycles. The number of rotatable bonds is 9. The number of likely N-dealkylation sites (N-methyl/N-ethyl adjacent to an activating group) is 1. The predicted octanol–water partition coefficient (Wildman–Crippen LogP) is 1.90. The molecule has 0 unspecified atom stereocenters. The van der Waals surface area contributed by atoms with Crippen LogP contribution in [-0.2, 0) is 20.9 Å². The van der Waals surface area contributed by atoms with E-state index in [4.69, 9.17) is 14.2 Å². The molecule has 0 radical (unpaired) electrons. The summed E-state index contributed by atoms with van der Waals surface area (Å²) in [7, 11) is 5.28. The molecular weight excluding hydrogens is 450 g/mol. The van der Waals surface area contributed by atoms with Gasteiger partial charge in [-0.1, -0.05) is 18.2 Å². The SMILES string of the molecule is COc1ccccc1CNC(=O)C[C@@H]1C[C@@H]2c3cc(NC(=O)CN(C)C)ccc3O[C@@H]2[C@H](CO)O1. The average Bonchev–Trinajstić information content (AvgIpc) is 3.19. The van der Waals surface area contributed by atoms with Crippen LogP contribution in [0.5, 0.6) is 11.5 Å². The molecule has 0 saturated carbocycles. The first-order valence-electron chi connectivity index (χ1n) is 11.8. The van der Waals surface area contributed by atoms with Crippen LogP contribution in [0.4, 0.5) is 5.69 Å². The van der Waals surface area contributed by atoms with Crippen LogP contribution in [0.15, 0.2) is 42.5 Å². The first-order valence-corrected chi connectivity index (χ1v) is 11.8. The summed E-state index contributed by atoms with van der Waals surface area (Å²) in [5.41, 5.74) is 2.54. The van der Waals surface area contributed by atoms with Gasteiger partial charge in [-0.05, 0) is 44.8 Å². The van der Waals surface area contributed by atoms with Gasteiger partial charge in [0.25, 0.3) is 0 Å². The van der Waals surface area contributed by atoms with Crippen LogP contribution in [0, 0.1) is 0 Å². The molecule has 9 nitrogen and oxygen atoms in total. The van der Waals surface area contributed by atoms with Crippen molar-refractivity contribution in [1.29, 1.82) is 0 Å². The number of carbonyl (C=O) groups is 2. The Balaban J connectivity index is 1.41. The van der Waals surface area contributed by atoms with Gasteiger partial charge < -0.3 is 34.9 Å². The number of fused-ring (bicyclic) bond motifs is 3. The second-order valence-electron chi connectivity index (χ2n) is 9.24. The van der Waals surface area contributed by atoms with Crippen LogP contribution in [0.25, 0.3) is 0 Å². The minimum absolute atomic E-state index is 0.0476. The summed E-state index contributed by atoms with van der Waals surface area (Å²) >= 11 is 0. The van der Waals surface area contributed by atoms with Crippen LogP contribution in [0.2, 0.25) is 0 Å². The zero-order valence-electron chi connectivity index (χ0n) is 20.3. The summed E-state index contributed by atoms with van der Waals surface area (Å²) in [4.78, 5) is 26.7. The molecule has 9 heteroatoms. The molecule has 4 rings (SSSR count). The fraction of sp³-hybridized carbons (Fsp3) is 0.462. The predicted molar refractivity (Wildman–Crippen MR) is 131 cm³/mol. The molecule has 2 aliphatic heterocycles. The van der Waals surface area contributed by atoms with Crippen molar-refractivity contribution >= 4 is 17.5 Å². The molecule has 0 spiro atoms. The first kappa shape index (κ1) is 25.0. The number of nitrogens with zero attached hydrogens (tertiary/aromatic N) is 1. The maximum Gasteiger partial charge on any atom is 0.238 e. The fourth-order valence-electron chi connectivity index (χ4n) is 4.78. The highest BCUT2D eigenvalue weighted by Gasteiger charge is 2.46. The zero-order chi connectivity index (χ0) is 24.9. The molecule has 2 aromatic carbocycles. The Morgan fingerprint density at radius 2 is 1.97 bits per heavy atom. The van der Waals surface area contributed by atoms with Crippen molar-refractivity contribution in [3.63, 3.8) is 0 Å². The molecule has 1 saturated heterocycles. The van der Waals surface area contributed by atoms with E-state index in [0.717, 1.165) is 16.9 Å². The number of para-hydroxylation sites is 1. The van der Waals surface area contributed by atoms with Crippen LogP contribution < -0.4 is 20.1 Å². The number of amides is 2. The molecule has 3 N–H and O–H groups in total. The summed E-state index contributed by atoms with van der Waals surface area (Å²) in [6, 6.07) is 13.1. The third-order valence-corrected chi connectivity index (χ3v) is 6.32. The molecule has 0 bridgehead atoms. The Morgan fingerprint density at radius 3 is 2.71 bits per heavy atom. The second-order valence-corrected chi connectivity index (χ2v) is 9.24. The minimum atomic E-state index is -0.542. The van der Waals surface area contributed by atoms with Gasteiger partial charge in [0.05, 0.1) is 32.8 Å². The third-order valence-electron chi connectivity index (χ3n) is 6.32. The average molecular weight is 484 g/mol. The van der Waals surface area contributed by atoms with E-state index in [0.29, 0.717) is 24.4 Å². The lowest BCUT2D eigenvalue weighted by Crippen LogP contribution is -2.47. The molecule has 4 atom stereocenters. The van der Waals surface area contributed by atoms with Crippen LogP contribution >= 0.6 is 0 Å². The van der Waals surface area contributed by atoms with E-state index in [1.54, 1.807) is 18.1 Å². The van der Waals surface area contributed by atoms with Gasteiger partial charge in [0.15, 0.2) is 0 Å². The molecule has 188 valence electrons. The summed E-state index contributed by atoms with van der Waals surface area (Å²) in [5.74, 6) is 1.15. The highest BCUT2D eigenvalue weighted by atomic mass is 16.6. The highest BCUT2D eigenvalue weighted by molar-refractivity contribution is 5.92. The number of aliphatic hydroxyl groups is 1. The van der Waals surface area contributed by atoms with Crippen molar-refractivity contribution in [2.75, 3.05) is 39.7 Å². The number of anilines is 1. The quantitative estimate of drug-likeness (QED) is 0.500. The lowest BCUT2D eigenvalue weighted by atomic mass is 9.84. The molecule has 2 amide bonds. The number of hydrogen-bond donors (Lipinski definition) is 3. The molecular formula is C26H33N3O6. The van der Waals surface area contributed by atoms with Crippen LogP contribution in [0.1, 0.15) is 29.9 Å². The summed E-state index contributed by atoms with van der Waals surface area (Å²) in [6.07, 6.45) is -0.502. The number of ether oxygens (including phenoxy) is 3. The largest absolute Gasteiger partial charge is 0.496 e. The molecule has 0 aromatic heterocycles. The lowest BCUT2D eigenvalue weighted by Gasteiger charge is -2.37. The number of benzene rings is 2. The molecule has 2 aliphatic rings. The third kappa shape index (κ3) is 5.93. The van der Waals surface area contributed by atoms with Crippen LogP contribution in [0.3, 0.4) is 0 Å². The number of aliphatic hydroxyl groups excluding tert-OH is 1. The molecule has 0 aliphatic carbocycles. The van der Waals surface area contributed by atoms with Gasteiger partial charge in [0.1, 0.15) is 23.7 Å². The van der Waals surface area contributed by atoms with Gasteiger partial charge >= 0.3 is 0 Å². The van der Waals surface area contributed by atoms with Crippen molar-refractivity contribution in [3.05, 3.63) is 53.6 Å². The van der Waals surface area contributed by atoms with E-state index < -0.39 is 6.10 Å². The van der Waals surface area contributed by atoms with Crippen molar-refractivity contribution in [2.24, 2.45) is 0 Å². The van der Waals surface area contributed by atoms with Gasteiger partial charge in [0, 0.05) is 29.3 Å². The Morgan fingerprint density at radius 1 is 1.17 bits per heavy atom. The first-order chi connectivity index (χ1) is 16.9. The van der Waals surface area contributed by atoms with Gasteiger partial charge in [-0.3, -0.25) is 9.59 Å². The monoisotopic (exact) mass is 483 g/mol. The Bertz CT molecular complexity index is 1060. The number of hydrogen-bond acceptors (Lipinski definition) is 7. The Labute approximate surface area is 205 Å². The molecule has 1 fully saturated rings. The normalized spacial score (nSPS) is 22.7. The van der Waals surface area contributed by atoms with Crippen LogP contribution in [-0.4, -0.2) is 74.5 Å². The summed E-state index contributed by atoms with van der Waals surface area (Å²) in [6.45, 7) is 0.431. The van der Waals surface area contributed by atoms with E-state index in [9.17, 15) is 14.7 Å². The van der Waals surface area contributed by atoms with E-state index in [1.807, 2.05) is 50.5 Å². The number of methoxy groups -OCH3 is 1. The molecule has 35 heavy (non-hydrogen) atoms. The van der Waals surface area contributed by atoms with Crippen molar-refractivity contribution in [3.8, 4) is 11.5 Å². The molecule has 2 aromatic rings. The Kier molecular flexibility index (Phi) is 7.90. The standard InChI is InChI=1S/C26H33N3O6/c1-29(2)14-25(32)28-17-8-9-22-19(10-17)20-11-18(34-23(15-30)26(20)35-22)12-24(31)27-13-16-6-4-5-7-21(16)33-3/h4-10,18,20,23,26,30H,11-15H2,1-3H3,(H,27,31)(H,28,32)/t18-,20+,23-,26-/m0/s1. The summed E-state index contributed by atoms with van der Waals surface area (Å²) in [5, 5.41) is 15.8. The van der Waals surface area contributed by atoms with Crippen molar-refractivity contribution in [1.82, 2.24) is 10.2 Å². The zero-order valence-corrected chi connectivity index (χ0v) is 20.3. The van der Waals surface area contributed by atoms with Crippen molar-refractivity contribution < 1.29 is 28.9 Å². The lowest BCUT2D eigenvalue weighted by molar-refractivity contribution is -0.142. The van der Waals surface area contributed by atoms with Gasteiger partial charge in [-0.25, -0.2) is 0 Å². The van der Waals surface area contributed by atoms with E-state index in [2.05, 4.69) is 10.6 Å². The topological polar surface area (TPSA) is 109 Å². The van der Waals surface area contributed by atoms with E-state index in [-0.39, 0.29) is 49.5 Å². The van der Waals surface area contributed by atoms with E-state index in [1.165, 1.54) is 0 Å². The summed E-state index contributed by atoms with van der Waals surface area (Å²) < 4.78 is 17.5. The maximum absolute atomic E-state index is 12.7. The number of carbonyl (C=O) groups excluding carboxylic acids is 2. The smallest absolute Gasteiger partial charge is 0.238 e. The van der Waals surface area contributed by atoms with Gasteiger partial charge in [-0.15, -0.1) is 0 Å². The number of nitrogens with one attached hydrogen (secondary N) is 2. The Hall–Kier alpha value is -3.14. The fourth-order valence-corrected chi connectivity index (χ4v) is 4.78. The van der Waals surface area contributed by atoms with Gasteiger partial charge in [-0.2, -0.15) is 0 Å². The second kappa shape index (κ2) is 11.1. The maximum atomic E-state index is 12.7. The van der Waals surface area contributed by atoms with E-state index >= 15 is 0 Å². The highest BCUT2D eigenvalue weighted by Crippen LogP contribution is 2.47. The minimum Gasteiger partial charge on any atom is -0.496 e.